The van der Waals surface area contributed by atoms with E-state index >= 15 is 0 Å². The van der Waals surface area contributed by atoms with Gasteiger partial charge in [0.25, 0.3) is 0 Å². The van der Waals surface area contributed by atoms with Gasteiger partial charge in [0.2, 0.25) is 5.91 Å². The first-order valence-corrected chi connectivity index (χ1v) is 6.30. The average molecular weight is 247 g/mol. The third-order valence-corrected chi connectivity index (χ3v) is 2.48. The summed E-state index contributed by atoms with van der Waals surface area (Å²) in [6.45, 7) is 6.01. The third-order valence-electron chi connectivity index (χ3n) is 2.48. The Morgan fingerprint density at radius 2 is 2.33 bits per heavy atom. The van der Waals surface area contributed by atoms with Gasteiger partial charge < -0.3 is 10.6 Å². The van der Waals surface area contributed by atoms with Gasteiger partial charge in [0.1, 0.15) is 0 Å². The maximum Gasteiger partial charge on any atom is 0.220 e. The van der Waals surface area contributed by atoms with E-state index in [9.17, 15) is 4.79 Å². The molecule has 0 spiro atoms. The second kappa shape index (κ2) is 9.36. The van der Waals surface area contributed by atoms with Gasteiger partial charge in [0, 0.05) is 31.9 Å². The van der Waals surface area contributed by atoms with Gasteiger partial charge in [0.05, 0.1) is 0 Å². The lowest BCUT2D eigenvalue weighted by Crippen LogP contribution is -2.26. The van der Waals surface area contributed by atoms with Crippen LogP contribution >= 0.6 is 0 Å². The Balaban J connectivity index is 1.96. The molecule has 0 fully saturated rings. The summed E-state index contributed by atoms with van der Waals surface area (Å²) in [5.41, 5.74) is 1.17. The van der Waals surface area contributed by atoms with Crippen LogP contribution in [0.2, 0.25) is 0 Å². The van der Waals surface area contributed by atoms with Crippen molar-refractivity contribution >= 4 is 5.91 Å². The Bertz CT molecular complexity index is 351. The van der Waals surface area contributed by atoms with E-state index in [0.29, 0.717) is 6.42 Å². The van der Waals surface area contributed by atoms with Gasteiger partial charge >= 0.3 is 0 Å². The molecule has 0 radical (unpaired) electrons. The van der Waals surface area contributed by atoms with E-state index < -0.39 is 0 Å². The summed E-state index contributed by atoms with van der Waals surface area (Å²) in [7, 11) is 0. The highest BCUT2D eigenvalue weighted by Crippen LogP contribution is 1.94. The SMILES string of the molecule is C=CCCC(=O)NCCCNCc1cccnc1. The molecule has 2 N–H and O–H groups in total. The maximum atomic E-state index is 11.3. The Labute approximate surface area is 109 Å². The number of aromatic nitrogens is 1. The fraction of sp³-hybridized carbons (Fsp3) is 0.429. The summed E-state index contributed by atoms with van der Waals surface area (Å²) in [5.74, 6) is 0.0992. The lowest BCUT2D eigenvalue weighted by Gasteiger charge is -2.06. The zero-order valence-corrected chi connectivity index (χ0v) is 10.7. The molecule has 0 aliphatic rings. The minimum atomic E-state index is 0.0992. The highest BCUT2D eigenvalue weighted by Gasteiger charge is 1.97. The predicted molar refractivity (Wildman–Crippen MR) is 73.0 cm³/mol. The smallest absolute Gasteiger partial charge is 0.220 e. The first kappa shape index (κ1) is 14.4. The number of hydrogen-bond donors (Lipinski definition) is 2. The van der Waals surface area contributed by atoms with Gasteiger partial charge in [-0.2, -0.15) is 0 Å². The molecule has 1 amide bonds. The fourth-order valence-corrected chi connectivity index (χ4v) is 1.50. The molecule has 0 saturated heterocycles. The van der Waals surface area contributed by atoms with E-state index in [1.807, 2.05) is 18.3 Å². The van der Waals surface area contributed by atoms with Crippen LogP contribution in [0, 0.1) is 0 Å². The van der Waals surface area contributed by atoms with Gasteiger partial charge in [0.15, 0.2) is 0 Å². The van der Waals surface area contributed by atoms with Gasteiger partial charge in [-0.15, -0.1) is 6.58 Å². The lowest BCUT2D eigenvalue weighted by molar-refractivity contribution is -0.121. The van der Waals surface area contributed by atoms with Crippen molar-refractivity contribution in [1.29, 1.82) is 0 Å². The first-order valence-electron chi connectivity index (χ1n) is 6.30. The van der Waals surface area contributed by atoms with Gasteiger partial charge in [-0.1, -0.05) is 12.1 Å². The molecule has 0 saturated carbocycles. The molecule has 0 atom stereocenters. The molecule has 0 aromatic carbocycles. The van der Waals surface area contributed by atoms with Crippen LogP contribution in [0.5, 0.6) is 0 Å². The molecular weight excluding hydrogens is 226 g/mol. The van der Waals surface area contributed by atoms with E-state index in [1.165, 1.54) is 5.56 Å². The zero-order valence-electron chi connectivity index (χ0n) is 10.7. The van der Waals surface area contributed by atoms with E-state index in [0.717, 1.165) is 32.5 Å². The van der Waals surface area contributed by atoms with E-state index in [2.05, 4.69) is 22.2 Å². The van der Waals surface area contributed by atoms with Crippen molar-refractivity contribution < 1.29 is 4.79 Å². The summed E-state index contributed by atoms with van der Waals surface area (Å²) < 4.78 is 0. The second-order valence-electron chi connectivity index (χ2n) is 4.07. The van der Waals surface area contributed by atoms with E-state index in [1.54, 1.807) is 12.3 Å². The largest absolute Gasteiger partial charge is 0.356 e. The number of rotatable bonds is 9. The van der Waals surface area contributed by atoms with Crippen LogP contribution in [0.25, 0.3) is 0 Å². The van der Waals surface area contributed by atoms with Gasteiger partial charge in [-0.3, -0.25) is 9.78 Å². The molecule has 98 valence electrons. The van der Waals surface area contributed by atoms with Crippen molar-refractivity contribution in [3.8, 4) is 0 Å². The number of allylic oxidation sites excluding steroid dienone is 1. The molecule has 0 unspecified atom stereocenters. The van der Waals surface area contributed by atoms with Crippen molar-refractivity contribution in [2.24, 2.45) is 0 Å². The Kier molecular flexibility index (Phi) is 7.48. The summed E-state index contributed by atoms with van der Waals surface area (Å²) in [6.07, 6.45) is 7.58. The minimum absolute atomic E-state index is 0.0992. The molecule has 0 aliphatic carbocycles. The molecule has 1 aromatic heterocycles. The van der Waals surface area contributed by atoms with Gasteiger partial charge in [-0.25, -0.2) is 0 Å². The summed E-state index contributed by atoms with van der Waals surface area (Å²) >= 11 is 0. The van der Waals surface area contributed by atoms with E-state index in [4.69, 9.17) is 0 Å². The normalized spacial score (nSPS) is 10.0. The minimum Gasteiger partial charge on any atom is -0.356 e. The number of hydrogen-bond acceptors (Lipinski definition) is 3. The molecular formula is C14H21N3O. The van der Waals surface area contributed by atoms with Crippen molar-refractivity contribution in [3.05, 3.63) is 42.7 Å². The number of nitrogens with one attached hydrogen (secondary N) is 2. The number of pyridine rings is 1. The number of carbonyl (C=O) groups is 1. The van der Waals surface area contributed by atoms with Gasteiger partial charge in [-0.05, 0) is 31.0 Å². The highest BCUT2D eigenvalue weighted by atomic mass is 16.1. The summed E-state index contributed by atoms with van der Waals surface area (Å²) in [6, 6.07) is 3.97. The average Bonchev–Trinajstić information content (AvgIpc) is 2.41. The second-order valence-corrected chi connectivity index (χ2v) is 4.07. The van der Waals surface area contributed by atoms with Crippen LogP contribution in [0.4, 0.5) is 0 Å². The van der Waals surface area contributed by atoms with E-state index in [-0.39, 0.29) is 5.91 Å². The molecule has 1 aromatic rings. The Morgan fingerprint density at radius 1 is 1.44 bits per heavy atom. The van der Waals surface area contributed by atoms with Crippen molar-refractivity contribution in [2.45, 2.75) is 25.8 Å². The van der Waals surface area contributed by atoms with Crippen molar-refractivity contribution in [3.63, 3.8) is 0 Å². The molecule has 1 heterocycles. The molecule has 18 heavy (non-hydrogen) atoms. The van der Waals surface area contributed by atoms with Crippen LogP contribution in [0.3, 0.4) is 0 Å². The van der Waals surface area contributed by atoms with Crippen LogP contribution in [-0.2, 0) is 11.3 Å². The fourth-order valence-electron chi connectivity index (χ4n) is 1.50. The first-order chi connectivity index (χ1) is 8.83. The zero-order chi connectivity index (χ0) is 13.1. The summed E-state index contributed by atoms with van der Waals surface area (Å²) in [4.78, 5) is 15.3. The van der Waals surface area contributed by atoms with Crippen LogP contribution < -0.4 is 10.6 Å². The lowest BCUT2D eigenvalue weighted by atomic mass is 10.3. The number of carbonyl (C=O) groups excluding carboxylic acids is 1. The number of nitrogens with zero attached hydrogens (tertiary/aromatic N) is 1. The monoisotopic (exact) mass is 247 g/mol. The highest BCUT2D eigenvalue weighted by molar-refractivity contribution is 5.75. The Morgan fingerprint density at radius 3 is 3.06 bits per heavy atom. The summed E-state index contributed by atoms with van der Waals surface area (Å²) in [5, 5.41) is 6.19. The van der Waals surface area contributed by atoms with Crippen LogP contribution in [-0.4, -0.2) is 24.0 Å². The topological polar surface area (TPSA) is 54.0 Å². The van der Waals surface area contributed by atoms with Crippen LogP contribution in [0.15, 0.2) is 37.2 Å². The molecule has 1 rings (SSSR count). The molecule has 0 bridgehead atoms. The maximum absolute atomic E-state index is 11.3. The quantitative estimate of drug-likeness (QED) is 0.515. The number of amides is 1. The van der Waals surface area contributed by atoms with Crippen molar-refractivity contribution in [2.75, 3.05) is 13.1 Å². The van der Waals surface area contributed by atoms with Crippen LogP contribution in [0.1, 0.15) is 24.8 Å². The molecule has 0 aliphatic heterocycles. The predicted octanol–water partition coefficient (Wildman–Crippen LogP) is 1.64. The molecule has 4 nitrogen and oxygen atoms in total. The Hall–Kier alpha value is -1.68. The van der Waals surface area contributed by atoms with Crippen molar-refractivity contribution in [1.82, 2.24) is 15.6 Å². The standard InChI is InChI=1S/C14H21N3O/c1-2-3-7-14(18)17-10-5-9-16-12-13-6-4-8-15-11-13/h2,4,6,8,11,16H,1,3,5,7,9-10,12H2,(H,17,18). The third kappa shape index (κ3) is 6.81. The molecule has 4 heteroatoms.